The first-order valence-electron chi connectivity index (χ1n) is 9.44. The molecule has 1 aromatic carbocycles. The largest absolute Gasteiger partial charge is 0.344 e. The van der Waals surface area contributed by atoms with E-state index in [0.717, 1.165) is 36.0 Å². The van der Waals surface area contributed by atoms with E-state index in [9.17, 15) is 4.39 Å². The van der Waals surface area contributed by atoms with Crippen molar-refractivity contribution in [2.75, 3.05) is 38.1 Å². The smallest absolute Gasteiger partial charge is 0.186 e. The molecule has 0 saturated carbocycles. The van der Waals surface area contributed by atoms with E-state index < -0.39 is 0 Å². The lowest BCUT2D eigenvalue weighted by atomic mass is 10.2. The maximum absolute atomic E-state index is 13.2. The molecule has 0 atom stereocenters. The number of hydrogen-bond acceptors (Lipinski definition) is 3. The zero-order valence-corrected chi connectivity index (χ0v) is 16.9. The van der Waals surface area contributed by atoms with Gasteiger partial charge < -0.3 is 14.4 Å². The molecule has 142 valence electrons. The van der Waals surface area contributed by atoms with Gasteiger partial charge in [-0.15, -0.1) is 11.3 Å². The van der Waals surface area contributed by atoms with Gasteiger partial charge in [0.15, 0.2) is 5.13 Å². The molecule has 0 radical (unpaired) electrons. The monoisotopic (exact) mass is 385 g/mol. The first kappa shape index (κ1) is 18.2. The Morgan fingerprint density at radius 1 is 1.15 bits per heavy atom. The Morgan fingerprint density at radius 3 is 2.56 bits per heavy atom. The molecule has 6 heteroatoms. The summed E-state index contributed by atoms with van der Waals surface area (Å²) in [5.74, 6) is -0.194. The van der Waals surface area contributed by atoms with E-state index in [0.29, 0.717) is 0 Å². The minimum atomic E-state index is -0.194. The van der Waals surface area contributed by atoms with E-state index in [-0.39, 0.29) is 5.82 Å². The first-order chi connectivity index (χ1) is 13.0. The number of benzene rings is 1. The summed E-state index contributed by atoms with van der Waals surface area (Å²) in [4.78, 5) is 8.93. The number of thiazole rings is 1. The Hall–Kier alpha value is -2.18. The third-order valence-corrected chi connectivity index (χ3v) is 6.38. The van der Waals surface area contributed by atoms with Gasteiger partial charge >= 0.3 is 0 Å². The Balaban J connectivity index is 1.57. The summed E-state index contributed by atoms with van der Waals surface area (Å²) in [7, 11) is 2.25. The van der Waals surface area contributed by atoms with Crippen LogP contribution in [0.5, 0.6) is 0 Å². The lowest BCUT2D eigenvalue weighted by Crippen LogP contribution is -3.12. The average molecular weight is 386 g/mol. The molecule has 1 aliphatic heterocycles. The predicted octanol–water partition coefficient (Wildman–Crippen LogP) is 2.75. The summed E-state index contributed by atoms with van der Waals surface area (Å²) in [6.45, 7) is 9.49. The van der Waals surface area contributed by atoms with Crippen LogP contribution in [-0.4, -0.2) is 42.8 Å². The highest BCUT2D eigenvalue weighted by molar-refractivity contribution is 7.14. The lowest BCUT2D eigenvalue weighted by Gasteiger charge is -2.29. The fourth-order valence-electron chi connectivity index (χ4n) is 3.69. The molecule has 3 aromatic rings. The maximum Gasteiger partial charge on any atom is 0.186 e. The van der Waals surface area contributed by atoms with Crippen LogP contribution in [0.25, 0.3) is 11.3 Å². The second-order valence-electron chi connectivity index (χ2n) is 7.46. The van der Waals surface area contributed by atoms with Crippen LogP contribution in [0.2, 0.25) is 0 Å². The van der Waals surface area contributed by atoms with E-state index >= 15 is 0 Å². The van der Waals surface area contributed by atoms with E-state index in [4.69, 9.17) is 4.98 Å². The van der Waals surface area contributed by atoms with Gasteiger partial charge in [0.05, 0.1) is 38.9 Å². The third kappa shape index (κ3) is 3.77. The number of rotatable bonds is 4. The molecule has 2 aromatic heterocycles. The highest BCUT2D eigenvalue weighted by Gasteiger charge is 2.21. The third-order valence-electron chi connectivity index (χ3n) is 5.48. The van der Waals surface area contributed by atoms with Gasteiger partial charge in [-0.1, -0.05) is 12.1 Å². The number of aromatic nitrogens is 2. The zero-order valence-electron chi connectivity index (χ0n) is 16.1. The average Bonchev–Trinajstić information content (AvgIpc) is 3.24. The second-order valence-corrected chi connectivity index (χ2v) is 8.29. The van der Waals surface area contributed by atoms with E-state index in [2.05, 4.69) is 41.8 Å². The Morgan fingerprint density at radius 2 is 1.85 bits per heavy atom. The summed E-state index contributed by atoms with van der Waals surface area (Å²) in [5.41, 5.74) is 5.75. The molecular formula is C21H26FN4S+. The minimum absolute atomic E-state index is 0.194. The molecule has 4 nitrogen and oxygen atoms in total. The van der Waals surface area contributed by atoms with Crippen LogP contribution >= 0.6 is 11.3 Å². The van der Waals surface area contributed by atoms with Gasteiger partial charge in [-0.3, -0.25) is 0 Å². The molecule has 0 aliphatic carbocycles. The summed E-state index contributed by atoms with van der Waals surface area (Å²) in [6, 6.07) is 8.96. The highest BCUT2D eigenvalue weighted by Crippen LogP contribution is 2.31. The molecule has 0 bridgehead atoms. The number of nitrogens with zero attached hydrogens (tertiary/aromatic N) is 3. The number of nitrogens with one attached hydrogen (secondary N) is 1. The van der Waals surface area contributed by atoms with Gasteiger partial charge in [0.2, 0.25) is 0 Å². The number of hydrogen-bond donors (Lipinski definition) is 1. The van der Waals surface area contributed by atoms with Crippen molar-refractivity contribution in [1.29, 1.82) is 0 Å². The quantitative estimate of drug-likeness (QED) is 0.747. The molecule has 0 spiro atoms. The van der Waals surface area contributed by atoms with Gasteiger partial charge in [0, 0.05) is 28.9 Å². The van der Waals surface area contributed by atoms with Crippen LogP contribution in [0.4, 0.5) is 9.52 Å². The van der Waals surface area contributed by atoms with Gasteiger partial charge in [-0.2, -0.15) is 0 Å². The molecule has 1 saturated heterocycles. The fourth-order valence-corrected chi connectivity index (χ4v) is 4.57. The molecule has 1 aliphatic rings. The number of likely N-dealkylation sites (N-methyl/N-ethyl adjacent to an activating group) is 1. The molecule has 1 N–H and O–H groups in total. The normalized spacial score (nSPS) is 15.5. The standard InChI is InChI=1S/C21H25FN4S/c1-15-12-19(16(2)26(15)13-17-4-6-18(22)7-5-17)20-14-27-21(23-20)25-10-8-24(3)9-11-25/h4-7,12,14H,8-11,13H2,1-3H3/p+1. The van der Waals surface area contributed by atoms with E-state index in [1.54, 1.807) is 16.2 Å². The lowest BCUT2D eigenvalue weighted by molar-refractivity contribution is -0.880. The molecule has 0 unspecified atom stereocenters. The van der Waals surface area contributed by atoms with Gasteiger partial charge in [-0.05, 0) is 37.6 Å². The summed E-state index contributed by atoms with van der Waals surface area (Å²) in [6.07, 6.45) is 0. The van der Waals surface area contributed by atoms with Gasteiger partial charge in [0.1, 0.15) is 5.82 Å². The predicted molar refractivity (Wildman–Crippen MR) is 109 cm³/mol. The fraction of sp³-hybridized carbons (Fsp3) is 0.381. The number of halogens is 1. The molecule has 0 amide bonds. The van der Waals surface area contributed by atoms with Gasteiger partial charge in [-0.25, -0.2) is 9.37 Å². The van der Waals surface area contributed by atoms with Crippen molar-refractivity contribution < 1.29 is 9.29 Å². The van der Waals surface area contributed by atoms with Crippen LogP contribution in [0.3, 0.4) is 0 Å². The van der Waals surface area contributed by atoms with Gasteiger partial charge in [0.25, 0.3) is 0 Å². The van der Waals surface area contributed by atoms with Crippen LogP contribution in [0.1, 0.15) is 17.0 Å². The van der Waals surface area contributed by atoms with Crippen LogP contribution in [0, 0.1) is 19.7 Å². The van der Waals surface area contributed by atoms with E-state index in [1.165, 1.54) is 42.2 Å². The SMILES string of the molecule is Cc1cc(-c2csc(N3CC[NH+](C)CC3)n2)c(C)n1Cc1ccc(F)cc1. The van der Waals surface area contributed by atoms with Crippen molar-refractivity contribution >= 4 is 16.5 Å². The first-order valence-corrected chi connectivity index (χ1v) is 10.3. The maximum atomic E-state index is 13.2. The number of aryl methyl sites for hydroxylation is 1. The molecular weight excluding hydrogens is 359 g/mol. The van der Waals surface area contributed by atoms with Crippen LogP contribution < -0.4 is 9.80 Å². The van der Waals surface area contributed by atoms with Crippen molar-refractivity contribution in [3.63, 3.8) is 0 Å². The number of piperazine rings is 1. The van der Waals surface area contributed by atoms with E-state index in [1.807, 2.05) is 12.1 Å². The zero-order chi connectivity index (χ0) is 19.0. The van der Waals surface area contributed by atoms with Crippen molar-refractivity contribution in [2.45, 2.75) is 20.4 Å². The summed E-state index contributed by atoms with van der Waals surface area (Å²) >= 11 is 1.74. The van der Waals surface area contributed by atoms with Crippen molar-refractivity contribution in [2.24, 2.45) is 0 Å². The van der Waals surface area contributed by atoms with Crippen molar-refractivity contribution in [3.05, 3.63) is 58.5 Å². The molecule has 27 heavy (non-hydrogen) atoms. The highest BCUT2D eigenvalue weighted by atomic mass is 32.1. The summed E-state index contributed by atoms with van der Waals surface area (Å²) in [5, 5.41) is 3.30. The molecule has 3 heterocycles. The van der Waals surface area contributed by atoms with Crippen LogP contribution in [-0.2, 0) is 6.54 Å². The topological polar surface area (TPSA) is 25.5 Å². The number of anilines is 1. The Kier molecular flexibility index (Phi) is 5.02. The second kappa shape index (κ2) is 7.44. The Bertz CT molecular complexity index is 920. The number of quaternary nitrogens is 1. The molecule has 4 rings (SSSR count). The Labute approximate surface area is 163 Å². The van der Waals surface area contributed by atoms with Crippen molar-refractivity contribution in [1.82, 2.24) is 9.55 Å². The van der Waals surface area contributed by atoms with Crippen molar-refractivity contribution in [3.8, 4) is 11.3 Å². The van der Waals surface area contributed by atoms with Crippen LogP contribution in [0.15, 0.2) is 35.7 Å². The minimum Gasteiger partial charge on any atom is -0.344 e. The summed E-state index contributed by atoms with van der Waals surface area (Å²) < 4.78 is 15.4. The molecule has 1 fully saturated rings.